The summed E-state index contributed by atoms with van der Waals surface area (Å²) in [6, 6.07) is 0. The van der Waals surface area contributed by atoms with E-state index in [1.807, 2.05) is 0 Å². The van der Waals surface area contributed by atoms with E-state index in [1.165, 1.54) is 36.3 Å². The Kier molecular flexibility index (Phi) is 4.13. The number of carbonyl (C=O) groups is 1. The van der Waals surface area contributed by atoms with Crippen molar-refractivity contribution < 1.29 is 4.79 Å². The zero-order chi connectivity index (χ0) is 13.1. The molecule has 1 amide bonds. The Morgan fingerprint density at radius 1 is 1.26 bits per heavy atom. The average Bonchev–Trinajstić information content (AvgIpc) is 2.63. The summed E-state index contributed by atoms with van der Waals surface area (Å²) in [6.45, 7) is 1.89. The second-order valence-electron chi connectivity index (χ2n) is 5.49. The van der Waals surface area contributed by atoms with Crippen LogP contribution in [-0.4, -0.2) is 17.4 Å². The van der Waals surface area contributed by atoms with Gasteiger partial charge in [-0.2, -0.15) is 0 Å². The number of hydrogen-bond acceptors (Lipinski definition) is 4. The van der Waals surface area contributed by atoms with Gasteiger partial charge < -0.3 is 10.6 Å². The third kappa shape index (κ3) is 3.15. The Balaban J connectivity index is 1.63. The van der Waals surface area contributed by atoms with Crippen LogP contribution in [0.15, 0.2) is 0 Å². The lowest BCUT2D eigenvalue weighted by molar-refractivity contribution is -0.120. The number of thiazole rings is 1. The molecular formula is C14H21N3OS. The van der Waals surface area contributed by atoms with Crippen molar-refractivity contribution in [3.8, 4) is 0 Å². The fourth-order valence-corrected chi connectivity index (χ4v) is 3.91. The highest BCUT2D eigenvalue weighted by atomic mass is 32.1. The largest absolute Gasteiger partial charge is 0.311 e. The van der Waals surface area contributed by atoms with E-state index in [1.54, 1.807) is 11.3 Å². The SMILES string of the molecule is O=C(Nc1nc2c(s1)CNCC2)C1CCCCCC1. The molecule has 1 aromatic heterocycles. The molecule has 1 aromatic rings. The lowest BCUT2D eigenvalue weighted by Crippen LogP contribution is -2.22. The molecule has 0 atom stereocenters. The molecule has 0 unspecified atom stereocenters. The van der Waals surface area contributed by atoms with Crippen molar-refractivity contribution in [2.24, 2.45) is 5.92 Å². The third-order valence-electron chi connectivity index (χ3n) is 4.06. The van der Waals surface area contributed by atoms with Gasteiger partial charge in [0.05, 0.1) is 5.69 Å². The molecule has 19 heavy (non-hydrogen) atoms. The van der Waals surface area contributed by atoms with Crippen molar-refractivity contribution in [2.75, 3.05) is 11.9 Å². The summed E-state index contributed by atoms with van der Waals surface area (Å²) in [5.74, 6) is 0.377. The van der Waals surface area contributed by atoms with E-state index >= 15 is 0 Å². The number of hydrogen-bond donors (Lipinski definition) is 2. The summed E-state index contributed by atoms with van der Waals surface area (Å²) in [5, 5.41) is 7.17. The monoisotopic (exact) mass is 279 g/mol. The van der Waals surface area contributed by atoms with E-state index in [2.05, 4.69) is 15.6 Å². The lowest BCUT2D eigenvalue weighted by Gasteiger charge is -2.12. The van der Waals surface area contributed by atoms with Crippen LogP contribution in [0.3, 0.4) is 0 Å². The molecule has 1 aliphatic heterocycles. The predicted molar refractivity (Wildman–Crippen MR) is 77.3 cm³/mol. The van der Waals surface area contributed by atoms with Crippen molar-refractivity contribution >= 4 is 22.4 Å². The predicted octanol–water partition coefficient (Wildman–Crippen LogP) is 2.70. The molecule has 1 aliphatic carbocycles. The normalized spacial score (nSPS) is 20.6. The molecule has 0 spiro atoms. The van der Waals surface area contributed by atoms with Crippen molar-refractivity contribution in [3.63, 3.8) is 0 Å². The zero-order valence-electron chi connectivity index (χ0n) is 11.2. The second kappa shape index (κ2) is 6.01. The molecule has 0 bridgehead atoms. The second-order valence-corrected chi connectivity index (χ2v) is 6.58. The van der Waals surface area contributed by atoms with Gasteiger partial charge in [-0.3, -0.25) is 4.79 Å². The topological polar surface area (TPSA) is 54.0 Å². The number of nitrogens with zero attached hydrogens (tertiary/aromatic N) is 1. The minimum atomic E-state index is 0.181. The highest BCUT2D eigenvalue weighted by Gasteiger charge is 2.22. The molecule has 1 saturated carbocycles. The minimum Gasteiger partial charge on any atom is -0.311 e. The van der Waals surface area contributed by atoms with E-state index in [0.717, 1.165) is 37.5 Å². The summed E-state index contributed by atoms with van der Waals surface area (Å²) in [4.78, 5) is 18.1. The molecule has 2 heterocycles. The minimum absolute atomic E-state index is 0.181. The van der Waals surface area contributed by atoms with Crippen LogP contribution in [0.25, 0.3) is 0 Å². The highest BCUT2D eigenvalue weighted by molar-refractivity contribution is 7.15. The number of nitrogens with one attached hydrogen (secondary N) is 2. The standard InChI is InChI=1S/C14H21N3OS/c18-13(10-5-3-1-2-4-6-10)17-14-16-11-7-8-15-9-12(11)19-14/h10,15H,1-9H2,(H,16,17,18). The number of carbonyl (C=O) groups excluding carboxylic acids is 1. The molecule has 104 valence electrons. The molecule has 4 nitrogen and oxygen atoms in total. The van der Waals surface area contributed by atoms with Crippen LogP contribution in [0.2, 0.25) is 0 Å². The Labute approximate surface area is 118 Å². The van der Waals surface area contributed by atoms with Crippen LogP contribution in [0, 0.1) is 5.92 Å². The van der Waals surface area contributed by atoms with Gasteiger partial charge in [0.15, 0.2) is 5.13 Å². The van der Waals surface area contributed by atoms with Crippen LogP contribution >= 0.6 is 11.3 Å². The summed E-state index contributed by atoms with van der Waals surface area (Å²) in [7, 11) is 0. The Morgan fingerprint density at radius 3 is 2.79 bits per heavy atom. The first kappa shape index (κ1) is 13.1. The maximum absolute atomic E-state index is 12.3. The Bertz CT molecular complexity index is 426. The number of aromatic nitrogens is 1. The third-order valence-corrected chi connectivity index (χ3v) is 5.07. The van der Waals surface area contributed by atoms with Crippen LogP contribution in [0.4, 0.5) is 5.13 Å². The number of rotatable bonds is 2. The fourth-order valence-electron chi connectivity index (χ4n) is 2.93. The van der Waals surface area contributed by atoms with Gasteiger partial charge in [-0.15, -0.1) is 11.3 Å². The highest BCUT2D eigenvalue weighted by Crippen LogP contribution is 2.28. The molecule has 3 rings (SSSR count). The Morgan fingerprint density at radius 2 is 2.05 bits per heavy atom. The van der Waals surface area contributed by atoms with E-state index in [0.29, 0.717) is 0 Å². The van der Waals surface area contributed by atoms with Crippen LogP contribution in [0.1, 0.15) is 49.1 Å². The maximum Gasteiger partial charge on any atom is 0.229 e. The average molecular weight is 279 g/mol. The number of amides is 1. The van der Waals surface area contributed by atoms with Gasteiger partial charge >= 0.3 is 0 Å². The van der Waals surface area contributed by atoms with Gasteiger partial charge in [-0.05, 0) is 12.8 Å². The van der Waals surface area contributed by atoms with Crippen molar-refractivity contribution in [1.82, 2.24) is 10.3 Å². The van der Waals surface area contributed by atoms with Crippen LogP contribution < -0.4 is 10.6 Å². The van der Waals surface area contributed by atoms with Crippen molar-refractivity contribution in [2.45, 2.75) is 51.5 Å². The van der Waals surface area contributed by atoms with Crippen LogP contribution in [-0.2, 0) is 17.8 Å². The summed E-state index contributed by atoms with van der Waals surface area (Å²) >= 11 is 1.63. The fraction of sp³-hybridized carbons (Fsp3) is 0.714. The van der Waals surface area contributed by atoms with Gasteiger partial charge in [-0.25, -0.2) is 4.98 Å². The van der Waals surface area contributed by atoms with Gasteiger partial charge in [0.2, 0.25) is 5.91 Å². The molecule has 2 N–H and O–H groups in total. The lowest BCUT2D eigenvalue weighted by atomic mass is 10.00. The van der Waals surface area contributed by atoms with Crippen molar-refractivity contribution in [3.05, 3.63) is 10.6 Å². The van der Waals surface area contributed by atoms with Gasteiger partial charge in [0.25, 0.3) is 0 Å². The van der Waals surface area contributed by atoms with Gasteiger partial charge in [0.1, 0.15) is 0 Å². The summed E-state index contributed by atoms with van der Waals surface area (Å²) in [5.41, 5.74) is 1.17. The molecule has 0 aromatic carbocycles. The Hall–Kier alpha value is -0.940. The summed E-state index contributed by atoms with van der Waals surface area (Å²) < 4.78 is 0. The summed E-state index contributed by atoms with van der Waals surface area (Å²) in [6.07, 6.45) is 8.00. The van der Waals surface area contributed by atoms with E-state index < -0.39 is 0 Å². The quantitative estimate of drug-likeness (QED) is 0.818. The van der Waals surface area contributed by atoms with E-state index in [9.17, 15) is 4.79 Å². The first-order valence-electron chi connectivity index (χ1n) is 7.33. The van der Waals surface area contributed by atoms with Gasteiger partial charge in [-0.1, -0.05) is 25.7 Å². The van der Waals surface area contributed by atoms with E-state index in [-0.39, 0.29) is 11.8 Å². The maximum atomic E-state index is 12.3. The first-order chi connectivity index (χ1) is 9.33. The molecule has 0 saturated heterocycles. The smallest absolute Gasteiger partial charge is 0.229 e. The molecular weight excluding hydrogens is 258 g/mol. The molecule has 5 heteroatoms. The van der Waals surface area contributed by atoms with E-state index in [4.69, 9.17) is 0 Å². The number of fused-ring (bicyclic) bond motifs is 1. The molecule has 0 radical (unpaired) electrons. The number of anilines is 1. The van der Waals surface area contributed by atoms with Crippen molar-refractivity contribution in [1.29, 1.82) is 0 Å². The zero-order valence-corrected chi connectivity index (χ0v) is 12.0. The molecule has 2 aliphatic rings. The van der Waals surface area contributed by atoms with Gasteiger partial charge in [0, 0.05) is 30.3 Å². The molecule has 1 fully saturated rings. The first-order valence-corrected chi connectivity index (χ1v) is 8.15. The van der Waals surface area contributed by atoms with Crippen LogP contribution in [0.5, 0.6) is 0 Å².